The second kappa shape index (κ2) is 14.8. The van der Waals surface area contributed by atoms with Gasteiger partial charge in [-0.2, -0.15) is 0 Å². The molecular formula is C54H33N7S. The van der Waals surface area contributed by atoms with Gasteiger partial charge in [0.05, 0.1) is 16.7 Å². The highest BCUT2D eigenvalue weighted by Crippen LogP contribution is 2.45. The first-order valence-corrected chi connectivity index (χ1v) is 21.3. The first-order chi connectivity index (χ1) is 30.7. The summed E-state index contributed by atoms with van der Waals surface area (Å²) in [4.78, 5) is 30.9. The van der Waals surface area contributed by atoms with E-state index in [2.05, 4.69) is 83.4 Å². The third-order valence-electron chi connectivity index (χ3n) is 11.3. The number of hydrogen-bond acceptors (Lipinski definition) is 7. The molecule has 0 aliphatic carbocycles. The topological polar surface area (TPSA) is 82.3 Å². The Hall–Kier alpha value is -8.20. The van der Waals surface area contributed by atoms with Gasteiger partial charge in [-0.1, -0.05) is 158 Å². The van der Waals surface area contributed by atoms with E-state index in [9.17, 15) is 0 Å². The van der Waals surface area contributed by atoms with Gasteiger partial charge in [-0.3, -0.25) is 0 Å². The van der Waals surface area contributed by atoms with Crippen LogP contribution >= 0.6 is 11.3 Å². The molecule has 4 heterocycles. The van der Waals surface area contributed by atoms with Crippen LogP contribution < -0.4 is 0 Å². The van der Waals surface area contributed by atoms with E-state index in [-0.39, 0.29) is 0 Å². The summed E-state index contributed by atoms with van der Waals surface area (Å²) < 4.78 is 4.89. The van der Waals surface area contributed by atoms with E-state index in [1.165, 1.54) is 30.9 Å². The normalized spacial score (nSPS) is 11.5. The van der Waals surface area contributed by atoms with Gasteiger partial charge in [0, 0.05) is 64.3 Å². The second-order valence-electron chi connectivity index (χ2n) is 15.1. The molecule has 62 heavy (non-hydrogen) atoms. The monoisotopic (exact) mass is 811 g/mol. The van der Waals surface area contributed by atoms with Crippen molar-refractivity contribution in [2.75, 3.05) is 0 Å². The molecule has 4 aromatic heterocycles. The predicted molar refractivity (Wildman–Crippen MR) is 253 cm³/mol. The maximum atomic E-state index is 5.29. The van der Waals surface area contributed by atoms with Crippen molar-refractivity contribution >= 4 is 53.3 Å². The zero-order chi connectivity index (χ0) is 41.0. The van der Waals surface area contributed by atoms with Crippen LogP contribution in [0, 0.1) is 0 Å². The fourth-order valence-electron chi connectivity index (χ4n) is 8.45. The minimum absolute atomic E-state index is 0.531. The van der Waals surface area contributed by atoms with Crippen molar-refractivity contribution in [3.8, 4) is 74.0 Å². The Morgan fingerprint density at radius 2 is 0.758 bits per heavy atom. The predicted octanol–water partition coefficient (Wildman–Crippen LogP) is 13.5. The van der Waals surface area contributed by atoms with Crippen LogP contribution in [0.2, 0.25) is 0 Å². The maximum absolute atomic E-state index is 5.29. The van der Waals surface area contributed by atoms with E-state index in [0.717, 1.165) is 50.1 Å². The lowest BCUT2D eigenvalue weighted by atomic mass is 10.0. The van der Waals surface area contributed by atoms with E-state index in [1.54, 1.807) is 0 Å². The van der Waals surface area contributed by atoms with Gasteiger partial charge < -0.3 is 4.57 Å². The Bertz CT molecular complexity index is 3510. The molecule has 0 aliphatic heterocycles. The Labute approximate surface area is 360 Å². The largest absolute Gasteiger partial charge is 0.308 e. The van der Waals surface area contributed by atoms with E-state index in [4.69, 9.17) is 29.9 Å². The minimum Gasteiger partial charge on any atom is -0.308 e. The summed E-state index contributed by atoms with van der Waals surface area (Å²) in [5.41, 5.74) is 8.30. The number of benzene rings is 8. The third-order valence-corrected chi connectivity index (χ3v) is 12.4. The van der Waals surface area contributed by atoms with Gasteiger partial charge in [0.25, 0.3) is 0 Å². The van der Waals surface area contributed by atoms with Crippen LogP contribution in [0.15, 0.2) is 200 Å². The molecule has 12 rings (SSSR count). The van der Waals surface area contributed by atoms with Crippen LogP contribution in [0.1, 0.15) is 0 Å². The highest BCUT2D eigenvalue weighted by atomic mass is 32.1. The highest BCUT2D eigenvalue weighted by Gasteiger charge is 2.23. The SMILES string of the molecule is c1ccc(-c2nc(-c3ccccc3)nc(-c3ccc(-n4c5ccccc5c5c6c(ccc54)sc4ccccc46)c(-c4nc(-c5ccccc5)nc(-c5ccccc5)n4)c3)n2)cc1. The van der Waals surface area contributed by atoms with Crippen LogP contribution in [0.5, 0.6) is 0 Å². The minimum atomic E-state index is 0.531. The quantitative estimate of drug-likeness (QED) is 0.159. The van der Waals surface area contributed by atoms with Gasteiger partial charge in [0.2, 0.25) is 0 Å². The molecule has 0 amide bonds. The number of fused-ring (bicyclic) bond motifs is 7. The van der Waals surface area contributed by atoms with Crippen LogP contribution in [0.25, 0.3) is 116 Å². The van der Waals surface area contributed by atoms with Gasteiger partial charge in [0.15, 0.2) is 34.9 Å². The molecule has 0 radical (unpaired) electrons. The fourth-order valence-corrected chi connectivity index (χ4v) is 9.56. The number of thiophene rings is 1. The zero-order valence-corrected chi connectivity index (χ0v) is 33.9. The molecule has 0 atom stereocenters. The van der Waals surface area contributed by atoms with Crippen molar-refractivity contribution in [1.82, 2.24) is 34.5 Å². The van der Waals surface area contributed by atoms with Crippen molar-refractivity contribution in [2.24, 2.45) is 0 Å². The fraction of sp³-hybridized carbons (Fsp3) is 0. The summed E-state index contributed by atoms with van der Waals surface area (Å²) in [6.45, 7) is 0. The summed E-state index contributed by atoms with van der Waals surface area (Å²) >= 11 is 1.83. The summed E-state index contributed by atoms with van der Waals surface area (Å²) in [5, 5.41) is 4.91. The van der Waals surface area contributed by atoms with E-state index >= 15 is 0 Å². The van der Waals surface area contributed by atoms with E-state index in [1.807, 2.05) is 133 Å². The van der Waals surface area contributed by atoms with Crippen LogP contribution in [-0.2, 0) is 0 Å². The van der Waals surface area contributed by atoms with Crippen molar-refractivity contribution < 1.29 is 0 Å². The molecule has 7 nitrogen and oxygen atoms in total. The summed E-state index contributed by atoms with van der Waals surface area (Å²) in [7, 11) is 0. The lowest BCUT2D eigenvalue weighted by Crippen LogP contribution is -2.05. The molecule has 8 aromatic carbocycles. The van der Waals surface area contributed by atoms with Crippen molar-refractivity contribution in [3.63, 3.8) is 0 Å². The molecule has 0 aliphatic rings. The Morgan fingerprint density at radius 3 is 1.31 bits per heavy atom. The van der Waals surface area contributed by atoms with Crippen molar-refractivity contribution in [3.05, 3.63) is 200 Å². The van der Waals surface area contributed by atoms with E-state index < -0.39 is 0 Å². The van der Waals surface area contributed by atoms with Crippen LogP contribution in [0.4, 0.5) is 0 Å². The standard InChI is InChI=1S/C54H33N7S/c1-5-17-34(18-6-1)49-55-50(35-19-7-2-8-20-35)58-53(57-49)38-29-30-43(41(33-38)54-59-51(36-21-9-3-10-22-36)56-52(60-54)37-23-11-4-12-24-37)61-42-27-15-13-25-39(42)47-44(61)31-32-46-48(47)40-26-14-16-28-45(40)62-46/h1-33H. The van der Waals surface area contributed by atoms with Crippen LogP contribution in [0.3, 0.4) is 0 Å². The van der Waals surface area contributed by atoms with Gasteiger partial charge in [-0.25, -0.2) is 29.9 Å². The van der Waals surface area contributed by atoms with Gasteiger partial charge in [-0.15, -0.1) is 11.3 Å². The molecular weight excluding hydrogens is 779 g/mol. The summed E-state index contributed by atoms with van der Waals surface area (Å²) in [5.74, 6) is 3.41. The second-order valence-corrected chi connectivity index (χ2v) is 16.2. The maximum Gasteiger partial charge on any atom is 0.166 e. The average Bonchev–Trinajstić information content (AvgIpc) is 3.90. The van der Waals surface area contributed by atoms with Crippen molar-refractivity contribution in [1.29, 1.82) is 0 Å². The molecule has 0 saturated heterocycles. The number of para-hydroxylation sites is 1. The molecule has 0 unspecified atom stereocenters. The van der Waals surface area contributed by atoms with Crippen molar-refractivity contribution in [2.45, 2.75) is 0 Å². The number of nitrogens with zero attached hydrogens (tertiary/aromatic N) is 7. The first kappa shape index (κ1) is 35.7. The molecule has 290 valence electrons. The smallest absolute Gasteiger partial charge is 0.166 e. The Balaban J connectivity index is 1.17. The number of rotatable bonds is 7. The lowest BCUT2D eigenvalue weighted by molar-refractivity contribution is 1.06. The number of aromatic nitrogens is 7. The molecule has 0 saturated carbocycles. The molecule has 8 heteroatoms. The summed E-state index contributed by atoms with van der Waals surface area (Å²) in [6.07, 6.45) is 0. The van der Waals surface area contributed by atoms with E-state index in [0.29, 0.717) is 34.9 Å². The molecule has 0 fully saturated rings. The lowest BCUT2D eigenvalue weighted by Gasteiger charge is -2.16. The molecule has 0 spiro atoms. The average molecular weight is 812 g/mol. The van der Waals surface area contributed by atoms with Crippen LogP contribution in [-0.4, -0.2) is 34.5 Å². The van der Waals surface area contributed by atoms with Gasteiger partial charge in [0.1, 0.15) is 0 Å². The van der Waals surface area contributed by atoms with Gasteiger partial charge >= 0.3 is 0 Å². The molecule has 0 N–H and O–H groups in total. The zero-order valence-electron chi connectivity index (χ0n) is 33.1. The molecule has 0 bridgehead atoms. The molecule has 12 aromatic rings. The Kier molecular flexibility index (Phi) is 8.53. The summed E-state index contributed by atoms with van der Waals surface area (Å²) in [6, 6.07) is 68.6. The Morgan fingerprint density at radius 1 is 0.306 bits per heavy atom. The third kappa shape index (κ3) is 6.12. The number of hydrogen-bond donors (Lipinski definition) is 0. The van der Waals surface area contributed by atoms with Gasteiger partial charge in [-0.05, 0) is 42.5 Å². The highest BCUT2D eigenvalue weighted by molar-refractivity contribution is 7.26. The first-order valence-electron chi connectivity index (χ1n) is 20.5.